The van der Waals surface area contributed by atoms with Crippen LogP contribution in [0.1, 0.15) is 0 Å². The van der Waals surface area contributed by atoms with Crippen LogP contribution in [0.2, 0.25) is 0 Å². The van der Waals surface area contributed by atoms with Gasteiger partial charge >= 0.3 is 0 Å². The summed E-state index contributed by atoms with van der Waals surface area (Å²) in [7, 11) is 0. The topological polar surface area (TPSA) is 130 Å². The molecule has 0 aliphatic rings. The van der Waals surface area contributed by atoms with Gasteiger partial charge in [0, 0.05) is 129 Å². The number of furan rings is 4. The van der Waals surface area contributed by atoms with Gasteiger partial charge in [-0.05, 0) is 101 Å². The maximum absolute atomic E-state index is 6.61. The number of nitrogens with zero attached hydrogens (tertiary/aromatic N) is 6. The van der Waals surface area contributed by atoms with E-state index in [1.165, 1.54) is 15.5 Å². The normalized spacial score (nSPS) is 12.2. The molecule has 0 fully saturated rings. The molecule has 10 nitrogen and oxygen atoms in total. The molecule has 96 heavy (non-hydrogen) atoms. The zero-order valence-corrected chi connectivity index (χ0v) is 52.2. The molecule has 0 amide bonds. The molecule has 0 saturated heterocycles. The molecular formula is C84H44N6O4S2. The zero-order valence-electron chi connectivity index (χ0n) is 50.5. The van der Waals surface area contributed by atoms with Gasteiger partial charge in [-0.1, -0.05) is 176 Å². The lowest BCUT2D eigenvalue weighted by atomic mass is 10.00. The second-order valence-electron chi connectivity index (χ2n) is 24.4. The molecule has 21 aromatic rings. The van der Waals surface area contributed by atoms with E-state index in [9.17, 15) is 0 Å². The summed E-state index contributed by atoms with van der Waals surface area (Å²) in [6.45, 7) is 0. The lowest BCUT2D eigenvalue weighted by Gasteiger charge is -2.10. The van der Waals surface area contributed by atoms with Crippen LogP contribution in [-0.4, -0.2) is 29.9 Å². The molecule has 8 aromatic heterocycles. The first kappa shape index (κ1) is 53.1. The average molecular weight is 1270 g/mol. The molecule has 0 atom stereocenters. The van der Waals surface area contributed by atoms with Crippen LogP contribution in [0.25, 0.3) is 219 Å². The fraction of sp³-hybridized carbons (Fsp3) is 0. The second kappa shape index (κ2) is 20.5. The van der Waals surface area contributed by atoms with Gasteiger partial charge in [-0.25, -0.2) is 29.9 Å². The molecule has 12 heteroatoms. The number of thiophene rings is 2. The SMILES string of the molecule is c1ccc(-c2nc(-c3cccc(-c4ccc5oc6cc7oc8ccccc8c7cc6c5c4)c3)nc(-c3cccc4c3sc3cc(-c5ccc(-c6nc(-c7ccc8c(c7)oc7cc9oc%10ccccc%10c9cc78)nc(-c7cccc8c7sc7ccccc78)n6)cc5)ccc34)n2)cc1. The Morgan fingerprint density at radius 3 is 1.22 bits per heavy atom. The fourth-order valence-electron chi connectivity index (χ4n) is 14.1. The molecule has 446 valence electrons. The van der Waals surface area contributed by atoms with Crippen LogP contribution in [0.5, 0.6) is 0 Å². The number of rotatable bonds is 8. The molecular weight excluding hydrogens is 1220 g/mol. The highest BCUT2D eigenvalue weighted by molar-refractivity contribution is 7.26. The van der Waals surface area contributed by atoms with E-state index in [1.807, 2.05) is 72.8 Å². The molecule has 0 unspecified atom stereocenters. The van der Waals surface area contributed by atoms with Crippen LogP contribution < -0.4 is 0 Å². The van der Waals surface area contributed by atoms with Gasteiger partial charge in [-0.3, -0.25) is 0 Å². The minimum atomic E-state index is 0.549. The third-order valence-corrected chi connectivity index (χ3v) is 21.2. The van der Waals surface area contributed by atoms with Crippen LogP contribution >= 0.6 is 22.7 Å². The Balaban J connectivity index is 0.635. The molecule has 0 aliphatic carbocycles. The summed E-state index contributed by atoms with van der Waals surface area (Å²) in [4.78, 5) is 31.6. The predicted octanol–water partition coefficient (Wildman–Crippen LogP) is 23.7. The molecule has 0 N–H and O–H groups in total. The lowest BCUT2D eigenvalue weighted by Crippen LogP contribution is -2.00. The largest absolute Gasteiger partial charge is 0.456 e. The molecule has 0 saturated carbocycles. The van der Waals surface area contributed by atoms with Gasteiger partial charge in [0.05, 0.1) is 0 Å². The highest BCUT2D eigenvalue weighted by Gasteiger charge is 2.23. The monoisotopic (exact) mass is 1260 g/mol. The first-order valence-electron chi connectivity index (χ1n) is 31.7. The van der Waals surface area contributed by atoms with E-state index in [1.54, 1.807) is 22.7 Å². The summed E-state index contributed by atoms with van der Waals surface area (Å²) in [6.07, 6.45) is 0. The predicted molar refractivity (Wildman–Crippen MR) is 392 cm³/mol. The number of aromatic nitrogens is 6. The van der Waals surface area contributed by atoms with Crippen molar-refractivity contribution in [2.45, 2.75) is 0 Å². The lowest BCUT2D eigenvalue weighted by molar-refractivity contribution is 0.655. The van der Waals surface area contributed by atoms with Crippen LogP contribution in [-0.2, 0) is 0 Å². The fourth-order valence-corrected chi connectivity index (χ4v) is 16.6. The third-order valence-electron chi connectivity index (χ3n) is 18.8. The first-order valence-corrected chi connectivity index (χ1v) is 33.3. The van der Waals surface area contributed by atoms with Gasteiger partial charge in [0.15, 0.2) is 34.9 Å². The van der Waals surface area contributed by atoms with Crippen molar-refractivity contribution < 1.29 is 17.7 Å². The van der Waals surface area contributed by atoms with E-state index < -0.39 is 0 Å². The Labute approximate surface area is 552 Å². The van der Waals surface area contributed by atoms with Crippen LogP contribution in [0.4, 0.5) is 0 Å². The first-order chi connectivity index (χ1) is 47.5. The van der Waals surface area contributed by atoms with E-state index in [4.69, 9.17) is 47.6 Å². The summed E-state index contributed by atoms with van der Waals surface area (Å²) < 4.78 is 30.1. The van der Waals surface area contributed by atoms with Crippen molar-refractivity contribution >= 4 is 151 Å². The number of fused-ring (bicyclic) bond motifs is 18. The van der Waals surface area contributed by atoms with E-state index in [2.05, 4.69) is 194 Å². The maximum Gasteiger partial charge on any atom is 0.165 e. The molecule has 0 spiro atoms. The Kier molecular flexibility index (Phi) is 11.3. The van der Waals surface area contributed by atoms with Crippen molar-refractivity contribution in [1.29, 1.82) is 0 Å². The number of para-hydroxylation sites is 2. The standard InChI is InChI=1S/C84H44N6O4S2/c1-2-13-46(14-3-1)79-85-81(51-16-10-15-48(37-51)49-33-36-69-62(38-49)66-42-64-54-18-5-8-25-68(54)92-72(64)44-74(66)93-69)89-84(87-79)61-23-12-21-59-57-35-31-50(40-76(57)96-78(59)61)45-27-29-47(30-28-45)80-86-82(90-83(88-80)60-22-11-20-58-56-19-6-9-26-75(56)95-77(58)60)52-32-34-55-65-41-63-53-17-4-7-24-67(53)91-71(63)43-73(65)94-70(55)39-52/h1-44H. The summed E-state index contributed by atoms with van der Waals surface area (Å²) >= 11 is 3.51. The number of benzene rings is 13. The Bertz CT molecular complexity index is 6860. The van der Waals surface area contributed by atoms with Crippen LogP contribution in [0.3, 0.4) is 0 Å². The van der Waals surface area contributed by atoms with E-state index in [-0.39, 0.29) is 0 Å². The van der Waals surface area contributed by atoms with Gasteiger partial charge in [0.1, 0.15) is 44.7 Å². The van der Waals surface area contributed by atoms with Gasteiger partial charge in [-0.15, -0.1) is 22.7 Å². The average Bonchev–Trinajstić information content (AvgIpc) is 1.59. The van der Waals surface area contributed by atoms with Crippen molar-refractivity contribution in [3.8, 4) is 90.6 Å². The zero-order chi connectivity index (χ0) is 62.7. The minimum absolute atomic E-state index is 0.549. The van der Waals surface area contributed by atoms with Crippen molar-refractivity contribution in [1.82, 2.24) is 29.9 Å². The van der Waals surface area contributed by atoms with Gasteiger partial charge in [-0.2, -0.15) is 0 Å². The quantitative estimate of drug-likeness (QED) is 0.145. The van der Waals surface area contributed by atoms with Crippen molar-refractivity contribution in [3.05, 3.63) is 267 Å². The summed E-state index contributed by atoms with van der Waals surface area (Å²) in [5, 5.41) is 13.1. The number of hydrogen-bond donors (Lipinski definition) is 0. The van der Waals surface area contributed by atoms with Gasteiger partial charge in [0.2, 0.25) is 0 Å². The molecule has 8 heterocycles. The minimum Gasteiger partial charge on any atom is -0.456 e. The van der Waals surface area contributed by atoms with E-state index >= 15 is 0 Å². The molecule has 13 aromatic carbocycles. The third kappa shape index (κ3) is 8.35. The molecule has 21 rings (SSSR count). The summed E-state index contributed by atoms with van der Waals surface area (Å²) in [5.41, 5.74) is 16.0. The maximum atomic E-state index is 6.61. The Morgan fingerprint density at radius 2 is 0.562 bits per heavy atom. The van der Waals surface area contributed by atoms with Crippen molar-refractivity contribution in [3.63, 3.8) is 0 Å². The molecule has 0 aliphatic heterocycles. The Morgan fingerprint density at radius 1 is 0.188 bits per heavy atom. The molecule has 0 bridgehead atoms. The van der Waals surface area contributed by atoms with Gasteiger partial charge in [0.25, 0.3) is 0 Å². The summed E-state index contributed by atoms with van der Waals surface area (Å²) in [5.74, 6) is 3.51. The highest BCUT2D eigenvalue weighted by atomic mass is 32.1. The van der Waals surface area contributed by atoms with Crippen molar-refractivity contribution in [2.24, 2.45) is 0 Å². The smallest absolute Gasteiger partial charge is 0.165 e. The second-order valence-corrected chi connectivity index (χ2v) is 26.5. The molecule has 0 radical (unpaired) electrons. The van der Waals surface area contributed by atoms with Crippen molar-refractivity contribution in [2.75, 3.05) is 0 Å². The highest BCUT2D eigenvalue weighted by Crippen LogP contribution is 2.45. The van der Waals surface area contributed by atoms with E-state index in [0.717, 1.165) is 168 Å². The number of hydrogen-bond acceptors (Lipinski definition) is 12. The van der Waals surface area contributed by atoms with Gasteiger partial charge < -0.3 is 17.7 Å². The van der Waals surface area contributed by atoms with Crippen LogP contribution in [0.15, 0.2) is 285 Å². The summed E-state index contributed by atoms with van der Waals surface area (Å²) in [6, 6.07) is 92.6. The van der Waals surface area contributed by atoms with Crippen LogP contribution in [0, 0.1) is 0 Å². The van der Waals surface area contributed by atoms with E-state index in [0.29, 0.717) is 34.9 Å². The Hall–Kier alpha value is -12.5.